The van der Waals surface area contributed by atoms with E-state index in [2.05, 4.69) is 19.6 Å². The number of ether oxygens (including phenoxy) is 3. The Balaban J connectivity index is 1.28. The molecule has 2 bridgehead atoms. The number of carbonyl (C=O) groups is 1. The Morgan fingerprint density at radius 1 is 1.06 bits per heavy atom. The summed E-state index contributed by atoms with van der Waals surface area (Å²) >= 11 is 6.09. The number of halogens is 5. The third-order valence-corrected chi connectivity index (χ3v) is 10.0. The summed E-state index contributed by atoms with van der Waals surface area (Å²) < 4.78 is 72.8. The number of amides is 1. The number of rotatable bonds is 6. The second-order valence-electron chi connectivity index (χ2n) is 14.1. The number of fused-ring (bicyclic) bond motifs is 4. The van der Waals surface area contributed by atoms with Crippen LogP contribution in [-0.2, 0) is 4.74 Å². The molecule has 1 amide bonds. The van der Waals surface area contributed by atoms with Crippen molar-refractivity contribution >= 4 is 34.4 Å². The number of carbonyl (C=O) groups excluding carboxylic acids is 1. The van der Waals surface area contributed by atoms with Gasteiger partial charge < -0.3 is 19.1 Å². The van der Waals surface area contributed by atoms with Crippen molar-refractivity contribution in [3.8, 4) is 23.0 Å². The molecule has 1 aromatic carbocycles. The van der Waals surface area contributed by atoms with Gasteiger partial charge in [0.05, 0.1) is 28.0 Å². The first-order valence-electron chi connectivity index (χ1n) is 16.3. The maximum atomic E-state index is 16.6. The average Bonchev–Trinajstić information content (AvgIpc) is 3.66. The number of pyridine rings is 1. The van der Waals surface area contributed by atoms with Gasteiger partial charge in [0, 0.05) is 24.8 Å². The van der Waals surface area contributed by atoms with E-state index in [1.54, 1.807) is 4.90 Å². The Labute approximate surface area is 280 Å². The summed E-state index contributed by atoms with van der Waals surface area (Å²) in [6, 6.07) is 3.50. The van der Waals surface area contributed by atoms with Crippen LogP contribution in [0, 0.1) is 5.82 Å². The Bertz CT molecular complexity index is 1710. The van der Waals surface area contributed by atoms with Gasteiger partial charge in [0.2, 0.25) is 0 Å². The largest absolute Gasteiger partial charge is 0.573 e. The topological polar surface area (TPSA) is 93.2 Å². The number of benzene rings is 1. The predicted octanol–water partition coefficient (Wildman–Crippen LogP) is 6.98. The molecule has 48 heavy (non-hydrogen) atoms. The van der Waals surface area contributed by atoms with Gasteiger partial charge in [0.15, 0.2) is 11.6 Å². The van der Waals surface area contributed by atoms with Crippen LogP contribution < -0.4 is 14.4 Å². The van der Waals surface area contributed by atoms with E-state index in [9.17, 15) is 18.0 Å². The first kappa shape index (κ1) is 32.9. The van der Waals surface area contributed by atoms with Crippen molar-refractivity contribution in [3.05, 3.63) is 35.2 Å². The summed E-state index contributed by atoms with van der Waals surface area (Å²) in [6.07, 6.45) is 1.49. The Morgan fingerprint density at radius 2 is 1.75 bits per heavy atom. The van der Waals surface area contributed by atoms with Gasteiger partial charge in [-0.3, -0.25) is 14.8 Å². The number of para-hydroxylation sites is 1. The van der Waals surface area contributed by atoms with Crippen molar-refractivity contribution in [1.82, 2.24) is 24.8 Å². The first-order valence-corrected chi connectivity index (χ1v) is 16.6. The average molecular weight is 693 g/mol. The molecule has 6 heterocycles. The number of hydrogen-bond acceptors (Lipinski definition) is 9. The molecule has 2 atom stereocenters. The zero-order valence-corrected chi connectivity index (χ0v) is 27.7. The lowest BCUT2D eigenvalue weighted by atomic mass is 9.95. The number of piperazine rings is 1. The lowest BCUT2D eigenvalue weighted by Crippen LogP contribution is -2.57. The van der Waals surface area contributed by atoms with Gasteiger partial charge in [-0.2, -0.15) is 9.97 Å². The third-order valence-electron chi connectivity index (χ3n) is 9.75. The lowest BCUT2D eigenvalue weighted by Gasteiger charge is -2.42. The predicted molar refractivity (Wildman–Crippen MR) is 170 cm³/mol. The van der Waals surface area contributed by atoms with Crippen molar-refractivity contribution in [1.29, 1.82) is 0 Å². The van der Waals surface area contributed by atoms with Crippen LogP contribution in [0.1, 0.15) is 59.3 Å². The molecule has 7 rings (SSSR count). The molecule has 15 heteroatoms. The first-order chi connectivity index (χ1) is 22.7. The summed E-state index contributed by atoms with van der Waals surface area (Å²) in [5.74, 6) is -1.36. The SMILES string of the molecule is CC(C)(C)OC(=O)N1C2CCC1CN(c1nc(OCC34CCCN3CCC4)nc3c(F)c(-c4cccc(Cl)c4OC(F)(F)F)ncc13)C2. The Hall–Kier alpha value is -3.65. The van der Waals surface area contributed by atoms with Crippen LogP contribution in [0.2, 0.25) is 5.02 Å². The molecule has 3 aromatic rings. The summed E-state index contributed by atoms with van der Waals surface area (Å²) in [7, 11) is 0. The number of hydrogen-bond donors (Lipinski definition) is 0. The zero-order chi connectivity index (χ0) is 34.0. The van der Waals surface area contributed by atoms with E-state index in [1.807, 2.05) is 25.7 Å². The molecule has 4 saturated heterocycles. The minimum Gasteiger partial charge on any atom is -0.461 e. The second kappa shape index (κ2) is 12.0. The highest BCUT2D eigenvalue weighted by atomic mass is 35.5. The lowest BCUT2D eigenvalue weighted by molar-refractivity contribution is -0.274. The van der Waals surface area contributed by atoms with Gasteiger partial charge in [-0.15, -0.1) is 13.2 Å². The van der Waals surface area contributed by atoms with Gasteiger partial charge in [0.25, 0.3) is 0 Å². The molecule has 0 aliphatic carbocycles. The van der Waals surface area contributed by atoms with E-state index in [4.69, 9.17) is 26.1 Å². The van der Waals surface area contributed by atoms with Gasteiger partial charge in [-0.1, -0.05) is 17.7 Å². The van der Waals surface area contributed by atoms with Crippen LogP contribution in [0.25, 0.3) is 22.2 Å². The fourth-order valence-corrected chi connectivity index (χ4v) is 7.99. The Kier molecular flexibility index (Phi) is 8.25. The van der Waals surface area contributed by atoms with E-state index in [-0.39, 0.29) is 51.2 Å². The summed E-state index contributed by atoms with van der Waals surface area (Å²) in [5.41, 5.74) is -1.63. The second-order valence-corrected chi connectivity index (χ2v) is 14.5. The molecule has 258 valence electrons. The van der Waals surface area contributed by atoms with E-state index in [0.29, 0.717) is 25.5 Å². The fourth-order valence-electron chi connectivity index (χ4n) is 7.78. The van der Waals surface area contributed by atoms with Crippen molar-refractivity contribution in [2.75, 3.05) is 37.7 Å². The van der Waals surface area contributed by atoms with Gasteiger partial charge in [-0.25, -0.2) is 9.18 Å². The standard InChI is InChI=1S/C33H37ClF4N6O4/c1-31(2,3)48-30(45)44-19-9-10-20(44)17-42(16-19)28-22-15-39-25(21-7-4-8-23(34)27(21)47-33(36,37)38)24(35)26(22)40-29(41-28)46-18-32-11-5-13-43(32)14-6-12-32/h4,7-8,15,19-20H,5-6,9-14,16-18H2,1-3H3. The van der Waals surface area contributed by atoms with Crippen molar-refractivity contribution < 1.29 is 36.6 Å². The molecular weight excluding hydrogens is 656 g/mol. The summed E-state index contributed by atoms with van der Waals surface area (Å²) in [5, 5.41) is -0.0932. The van der Waals surface area contributed by atoms with E-state index >= 15 is 4.39 Å². The fraction of sp³-hybridized carbons (Fsp3) is 0.576. The van der Waals surface area contributed by atoms with Crippen LogP contribution >= 0.6 is 11.6 Å². The van der Waals surface area contributed by atoms with E-state index in [1.165, 1.54) is 24.4 Å². The number of anilines is 1. The highest BCUT2D eigenvalue weighted by Gasteiger charge is 2.47. The Morgan fingerprint density at radius 3 is 2.40 bits per heavy atom. The van der Waals surface area contributed by atoms with Gasteiger partial charge in [-0.05, 0) is 84.5 Å². The normalized spacial score (nSPS) is 22.3. The molecule has 0 saturated carbocycles. The molecule has 10 nitrogen and oxygen atoms in total. The highest BCUT2D eigenvalue weighted by molar-refractivity contribution is 6.32. The molecule has 2 aromatic heterocycles. The molecule has 4 aliphatic heterocycles. The molecule has 4 fully saturated rings. The smallest absolute Gasteiger partial charge is 0.461 e. The minimum absolute atomic E-state index is 0.0403. The molecular formula is C33H37ClF4N6O4. The van der Waals surface area contributed by atoms with E-state index < -0.39 is 29.2 Å². The van der Waals surface area contributed by atoms with Crippen LogP contribution in [0.4, 0.5) is 28.2 Å². The zero-order valence-electron chi connectivity index (χ0n) is 26.9. The highest BCUT2D eigenvalue weighted by Crippen LogP contribution is 2.43. The van der Waals surface area contributed by atoms with Crippen LogP contribution in [0.3, 0.4) is 0 Å². The van der Waals surface area contributed by atoms with Crippen molar-refractivity contribution in [2.45, 2.75) is 88.9 Å². The van der Waals surface area contributed by atoms with Crippen LogP contribution in [0.5, 0.6) is 11.8 Å². The molecule has 2 unspecified atom stereocenters. The maximum Gasteiger partial charge on any atom is 0.573 e. The third kappa shape index (κ3) is 6.17. The summed E-state index contributed by atoms with van der Waals surface area (Å²) in [6.45, 7) is 8.58. The number of aromatic nitrogens is 3. The molecule has 0 N–H and O–H groups in total. The minimum atomic E-state index is -5.07. The quantitative estimate of drug-likeness (QED) is 0.254. The van der Waals surface area contributed by atoms with Crippen molar-refractivity contribution in [2.24, 2.45) is 0 Å². The van der Waals surface area contributed by atoms with Gasteiger partial charge in [0.1, 0.15) is 29.2 Å². The maximum absolute atomic E-state index is 16.6. The number of nitrogens with zero attached hydrogens (tertiary/aromatic N) is 6. The number of alkyl halides is 3. The van der Waals surface area contributed by atoms with Crippen LogP contribution in [-0.4, -0.2) is 93.2 Å². The van der Waals surface area contributed by atoms with E-state index in [0.717, 1.165) is 51.6 Å². The van der Waals surface area contributed by atoms with Gasteiger partial charge >= 0.3 is 18.5 Å². The van der Waals surface area contributed by atoms with Crippen molar-refractivity contribution in [3.63, 3.8) is 0 Å². The molecule has 0 spiro atoms. The summed E-state index contributed by atoms with van der Waals surface area (Å²) in [4.78, 5) is 32.8. The molecule has 0 radical (unpaired) electrons. The monoisotopic (exact) mass is 692 g/mol. The van der Waals surface area contributed by atoms with Crippen LogP contribution in [0.15, 0.2) is 24.4 Å². The molecule has 4 aliphatic rings.